The molecule has 0 unspecified atom stereocenters. The number of carbonyl (C=O) groups is 2. The number of nitrogens with zero attached hydrogens (tertiary/aromatic N) is 1. The maximum Gasteiger partial charge on any atom is 0.240 e. The summed E-state index contributed by atoms with van der Waals surface area (Å²) in [5.41, 5.74) is 4.49. The fourth-order valence-electron chi connectivity index (χ4n) is 5.52. The Kier molecular flexibility index (Phi) is 3.40. The minimum absolute atomic E-state index is 0.179. The number of hydrogen-bond acceptors (Lipinski definition) is 2. The summed E-state index contributed by atoms with van der Waals surface area (Å²) in [5, 5.41) is 0.555. The van der Waals surface area contributed by atoms with Gasteiger partial charge in [0.15, 0.2) is 0 Å². The van der Waals surface area contributed by atoms with Crippen LogP contribution in [0, 0.1) is 11.8 Å². The van der Waals surface area contributed by atoms with Crippen molar-refractivity contribution < 1.29 is 9.59 Å². The van der Waals surface area contributed by atoms with Crippen molar-refractivity contribution in [2.75, 3.05) is 4.90 Å². The highest BCUT2D eigenvalue weighted by molar-refractivity contribution is 6.34. The fraction of sp³-hybridized carbons (Fsp3) is 0.167. The van der Waals surface area contributed by atoms with Gasteiger partial charge < -0.3 is 0 Å². The highest BCUT2D eigenvalue weighted by Gasteiger charge is 2.67. The van der Waals surface area contributed by atoms with Crippen molar-refractivity contribution >= 4 is 40.7 Å². The first-order chi connectivity index (χ1) is 14.0. The van der Waals surface area contributed by atoms with E-state index < -0.39 is 16.7 Å². The van der Waals surface area contributed by atoms with Crippen LogP contribution in [0.25, 0.3) is 0 Å². The molecule has 3 aromatic rings. The maximum atomic E-state index is 13.6. The number of anilines is 1. The van der Waals surface area contributed by atoms with Crippen molar-refractivity contribution in [3.05, 3.63) is 100 Å². The van der Waals surface area contributed by atoms with E-state index in [0.29, 0.717) is 10.7 Å². The van der Waals surface area contributed by atoms with Crippen molar-refractivity contribution in [3.63, 3.8) is 0 Å². The van der Waals surface area contributed by atoms with Gasteiger partial charge in [0, 0.05) is 10.9 Å². The third-order valence-corrected chi connectivity index (χ3v) is 7.49. The van der Waals surface area contributed by atoms with Crippen molar-refractivity contribution in [3.8, 4) is 0 Å². The van der Waals surface area contributed by atoms with E-state index in [9.17, 15) is 9.59 Å². The van der Waals surface area contributed by atoms with Crippen molar-refractivity contribution in [1.82, 2.24) is 0 Å². The Morgan fingerprint density at radius 3 is 1.90 bits per heavy atom. The molecule has 0 saturated carbocycles. The predicted octanol–water partition coefficient (Wildman–Crippen LogP) is 5.09. The summed E-state index contributed by atoms with van der Waals surface area (Å²) >= 11 is 13.4. The third-order valence-electron chi connectivity index (χ3n) is 6.60. The molecule has 1 fully saturated rings. The highest BCUT2D eigenvalue weighted by Crippen LogP contribution is 2.65. The molecule has 0 radical (unpaired) electrons. The lowest BCUT2D eigenvalue weighted by Crippen LogP contribution is -2.50. The van der Waals surface area contributed by atoms with E-state index in [2.05, 4.69) is 0 Å². The van der Waals surface area contributed by atoms with Crippen LogP contribution in [0.1, 0.15) is 28.2 Å². The van der Waals surface area contributed by atoms with Crippen LogP contribution in [-0.2, 0) is 14.5 Å². The van der Waals surface area contributed by atoms with Gasteiger partial charge in [-0.1, -0.05) is 60.1 Å². The summed E-state index contributed by atoms with van der Waals surface area (Å²) in [6, 6.07) is 22.7. The molecule has 2 bridgehead atoms. The second-order valence-corrected chi connectivity index (χ2v) is 8.89. The predicted molar refractivity (Wildman–Crippen MR) is 112 cm³/mol. The standard InChI is InChI=1S/C24H15Cl2NO2/c25-13-9-11-14(12-10-13)27-22(28)20-19-15-5-1-3-7-17(15)24(26,21(20)23(27)29)18-8-4-2-6-16(18)19/h1-12,19-21H/t19?,20-,21+,24?/m0/s1. The van der Waals surface area contributed by atoms with Gasteiger partial charge in [-0.2, -0.15) is 0 Å². The summed E-state index contributed by atoms with van der Waals surface area (Å²) in [4.78, 5) is 27.5. The van der Waals surface area contributed by atoms with Crippen LogP contribution in [-0.4, -0.2) is 11.8 Å². The lowest BCUT2D eigenvalue weighted by molar-refractivity contribution is -0.122. The summed E-state index contributed by atoms with van der Waals surface area (Å²) < 4.78 is 0. The lowest BCUT2D eigenvalue weighted by Gasteiger charge is -2.50. The zero-order chi connectivity index (χ0) is 19.9. The number of imide groups is 1. The van der Waals surface area contributed by atoms with Crippen molar-refractivity contribution in [2.24, 2.45) is 11.8 Å². The van der Waals surface area contributed by atoms with Gasteiger partial charge in [0.1, 0.15) is 4.87 Å². The van der Waals surface area contributed by atoms with E-state index in [1.54, 1.807) is 24.3 Å². The largest absolute Gasteiger partial charge is 0.274 e. The summed E-state index contributed by atoms with van der Waals surface area (Å²) in [5.74, 6) is -1.77. The molecule has 2 atom stereocenters. The first kappa shape index (κ1) is 17.3. The molecule has 3 aliphatic carbocycles. The average Bonchev–Trinajstić information content (AvgIpc) is 3.01. The van der Waals surface area contributed by atoms with Crippen LogP contribution in [0.2, 0.25) is 5.02 Å². The van der Waals surface area contributed by atoms with Crippen LogP contribution >= 0.6 is 23.2 Å². The van der Waals surface area contributed by atoms with E-state index in [1.807, 2.05) is 48.5 Å². The topological polar surface area (TPSA) is 37.4 Å². The Labute approximate surface area is 177 Å². The molecule has 1 aliphatic heterocycles. The lowest BCUT2D eigenvalue weighted by atomic mass is 9.54. The molecule has 4 aliphatic rings. The maximum absolute atomic E-state index is 13.6. The number of hydrogen-bond donors (Lipinski definition) is 0. The normalized spacial score (nSPS) is 28.9. The molecule has 3 aromatic carbocycles. The van der Waals surface area contributed by atoms with Gasteiger partial charge in [-0.15, -0.1) is 11.6 Å². The summed E-state index contributed by atoms with van der Waals surface area (Å²) in [6.07, 6.45) is 0. The molecule has 29 heavy (non-hydrogen) atoms. The first-order valence-corrected chi connectivity index (χ1v) is 10.3. The SMILES string of the molecule is O=C1[C@H]2C3c4ccccc4C(Cl)(c4ccccc43)[C@H]2C(=O)N1c1ccc(Cl)cc1. The zero-order valence-corrected chi connectivity index (χ0v) is 16.7. The van der Waals surface area contributed by atoms with Gasteiger partial charge in [-0.3, -0.25) is 9.59 Å². The van der Waals surface area contributed by atoms with Gasteiger partial charge in [0.25, 0.3) is 0 Å². The molecule has 0 N–H and O–H groups in total. The minimum Gasteiger partial charge on any atom is -0.274 e. The van der Waals surface area contributed by atoms with E-state index >= 15 is 0 Å². The monoisotopic (exact) mass is 419 g/mol. The molecular weight excluding hydrogens is 405 g/mol. The Hall–Kier alpha value is -2.62. The van der Waals surface area contributed by atoms with Gasteiger partial charge in [0.05, 0.1) is 17.5 Å². The van der Waals surface area contributed by atoms with Gasteiger partial charge in [0.2, 0.25) is 11.8 Å². The summed E-state index contributed by atoms with van der Waals surface area (Å²) in [6.45, 7) is 0. The number of rotatable bonds is 1. The molecule has 1 saturated heterocycles. The van der Waals surface area contributed by atoms with E-state index in [1.165, 1.54) is 4.90 Å². The second kappa shape index (κ2) is 5.71. The molecular formula is C24H15Cl2NO2. The highest BCUT2D eigenvalue weighted by atomic mass is 35.5. The van der Waals surface area contributed by atoms with Crippen LogP contribution in [0.5, 0.6) is 0 Å². The Bertz CT molecular complexity index is 1160. The van der Waals surface area contributed by atoms with Crippen molar-refractivity contribution in [1.29, 1.82) is 0 Å². The minimum atomic E-state index is -1.06. The quantitative estimate of drug-likeness (QED) is 0.407. The first-order valence-electron chi connectivity index (χ1n) is 9.54. The molecule has 0 aromatic heterocycles. The second-order valence-electron chi connectivity index (χ2n) is 7.86. The number of alkyl halides is 1. The third kappa shape index (κ3) is 2.00. The van der Waals surface area contributed by atoms with E-state index in [4.69, 9.17) is 23.2 Å². The number of halogens is 2. The molecule has 7 rings (SSSR count). The fourth-order valence-corrected chi connectivity index (χ4v) is 6.22. The Morgan fingerprint density at radius 2 is 1.31 bits per heavy atom. The molecule has 5 heteroatoms. The van der Waals surface area contributed by atoms with E-state index in [-0.39, 0.29) is 17.7 Å². The smallest absolute Gasteiger partial charge is 0.240 e. The molecule has 142 valence electrons. The molecule has 3 nitrogen and oxygen atoms in total. The number of benzene rings is 3. The van der Waals surface area contributed by atoms with Gasteiger partial charge in [-0.05, 0) is 46.5 Å². The average molecular weight is 420 g/mol. The summed E-state index contributed by atoms with van der Waals surface area (Å²) in [7, 11) is 0. The van der Waals surface area contributed by atoms with Gasteiger partial charge in [-0.25, -0.2) is 4.90 Å². The van der Waals surface area contributed by atoms with Gasteiger partial charge >= 0.3 is 0 Å². The number of amides is 2. The molecule has 1 heterocycles. The van der Waals surface area contributed by atoms with Crippen molar-refractivity contribution in [2.45, 2.75) is 10.8 Å². The van der Waals surface area contributed by atoms with Crippen LogP contribution in [0.15, 0.2) is 72.8 Å². The van der Waals surface area contributed by atoms with Crippen LogP contribution < -0.4 is 4.90 Å². The number of carbonyl (C=O) groups excluding carboxylic acids is 2. The van der Waals surface area contributed by atoms with Crippen LogP contribution in [0.4, 0.5) is 5.69 Å². The Balaban J connectivity index is 1.61. The Morgan fingerprint density at radius 1 is 0.759 bits per heavy atom. The van der Waals surface area contributed by atoms with E-state index in [0.717, 1.165) is 22.3 Å². The molecule has 0 spiro atoms. The zero-order valence-electron chi connectivity index (χ0n) is 15.2. The molecule has 2 amide bonds. The van der Waals surface area contributed by atoms with Crippen LogP contribution in [0.3, 0.4) is 0 Å².